The highest BCUT2D eigenvalue weighted by atomic mass is 127. The largest absolute Gasteiger partial charge is 0.505 e. The van der Waals surface area contributed by atoms with Crippen LogP contribution in [0.2, 0.25) is 0 Å². The summed E-state index contributed by atoms with van der Waals surface area (Å²) >= 11 is 0. The molecule has 0 bridgehead atoms. The molecular weight excluding hydrogens is 408 g/mol. The van der Waals surface area contributed by atoms with Gasteiger partial charge in [-0.3, -0.25) is 4.99 Å². The monoisotopic (exact) mass is 437 g/mol. The zero-order valence-electron chi connectivity index (χ0n) is 14.4. The highest BCUT2D eigenvalue weighted by Crippen LogP contribution is 2.15. The number of hydrogen-bond donors (Lipinski definition) is 3. The molecule has 0 aromatic heterocycles. The summed E-state index contributed by atoms with van der Waals surface area (Å²) in [6, 6.07) is 4.70. The highest BCUT2D eigenvalue weighted by Gasteiger charge is 2.07. The maximum Gasteiger partial charge on any atom is 0.191 e. The lowest BCUT2D eigenvalue weighted by molar-refractivity contribution is 0.431. The van der Waals surface area contributed by atoms with Crippen molar-refractivity contribution in [2.75, 3.05) is 7.05 Å². The third kappa shape index (κ3) is 8.98. The summed E-state index contributed by atoms with van der Waals surface area (Å²) in [5.41, 5.74) is 0.755. The standard InChI is InChI=1S/C17H28FN3O.HI/c1-12(2)6-5-7-13(3)21-17(19-4)20-11-14-8-9-16(22)15(18)10-14;/h8-10,12-13,22H,5-7,11H2,1-4H3,(H2,19,20,21);1H. The van der Waals surface area contributed by atoms with Crippen LogP contribution < -0.4 is 10.6 Å². The molecule has 1 unspecified atom stereocenters. The van der Waals surface area contributed by atoms with Crippen molar-refractivity contribution in [3.8, 4) is 5.75 Å². The van der Waals surface area contributed by atoms with Crippen LogP contribution in [-0.4, -0.2) is 24.2 Å². The maximum absolute atomic E-state index is 13.3. The van der Waals surface area contributed by atoms with E-state index in [-0.39, 0.29) is 29.7 Å². The number of aromatic hydroxyl groups is 1. The molecule has 0 spiro atoms. The van der Waals surface area contributed by atoms with Gasteiger partial charge in [0.1, 0.15) is 0 Å². The number of benzene rings is 1. The number of hydrogen-bond acceptors (Lipinski definition) is 2. The Morgan fingerprint density at radius 3 is 2.52 bits per heavy atom. The van der Waals surface area contributed by atoms with Crippen LogP contribution in [0.5, 0.6) is 5.75 Å². The van der Waals surface area contributed by atoms with Crippen molar-refractivity contribution in [3.63, 3.8) is 0 Å². The van der Waals surface area contributed by atoms with Crippen LogP contribution in [0.25, 0.3) is 0 Å². The Balaban J connectivity index is 0.00000484. The van der Waals surface area contributed by atoms with Gasteiger partial charge in [-0.2, -0.15) is 0 Å². The number of halogens is 2. The molecular formula is C17H29FIN3O. The molecule has 132 valence electrons. The molecule has 0 saturated heterocycles. The first-order valence-corrected chi connectivity index (χ1v) is 7.87. The second-order valence-electron chi connectivity index (χ2n) is 6.08. The van der Waals surface area contributed by atoms with E-state index in [2.05, 4.69) is 36.4 Å². The summed E-state index contributed by atoms with van der Waals surface area (Å²) in [6.45, 7) is 7.05. The van der Waals surface area contributed by atoms with E-state index < -0.39 is 5.82 Å². The van der Waals surface area contributed by atoms with Crippen LogP contribution in [0.3, 0.4) is 0 Å². The molecule has 0 aliphatic rings. The molecule has 1 atom stereocenters. The molecule has 6 heteroatoms. The molecule has 1 aromatic rings. The van der Waals surface area contributed by atoms with Crippen molar-refractivity contribution in [2.24, 2.45) is 10.9 Å². The van der Waals surface area contributed by atoms with Crippen molar-refractivity contribution in [1.82, 2.24) is 10.6 Å². The molecule has 1 rings (SSSR count). The third-order valence-corrected chi connectivity index (χ3v) is 3.50. The first-order chi connectivity index (χ1) is 10.4. The van der Waals surface area contributed by atoms with Crippen molar-refractivity contribution < 1.29 is 9.50 Å². The Morgan fingerprint density at radius 2 is 1.96 bits per heavy atom. The number of phenols is 1. The second-order valence-corrected chi connectivity index (χ2v) is 6.08. The van der Waals surface area contributed by atoms with E-state index in [1.54, 1.807) is 13.1 Å². The number of nitrogens with zero attached hydrogens (tertiary/aromatic N) is 1. The first-order valence-electron chi connectivity index (χ1n) is 7.87. The molecule has 3 N–H and O–H groups in total. The minimum atomic E-state index is -0.607. The molecule has 1 aromatic carbocycles. The van der Waals surface area contributed by atoms with Gasteiger partial charge >= 0.3 is 0 Å². The van der Waals surface area contributed by atoms with E-state index in [4.69, 9.17) is 0 Å². The molecule has 0 fully saturated rings. The van der Waals surface area contributed by atoms with Gasteiger partial charge in [0.2, 0.25) is 0 Å². The van der Waals surface area contributed by atoms with Gasteiger partial charge in [0.25, 0.3) is 0 Å². The second kappa shape index (κ2) is 11.5. The highest BCUT2D eigenvalue weighted by molar-refractivity contribution is 14.0. The van der Waals surface area contributed by atoms with E-state index in [9.17, 15) is 9.50 Å². The normalized spacial score (nSPS) is 12.7. The predicted octanol–water partition coefficient (Wildman–Crippen LogP) is 4.03. The van der Waals surface area contributed by atoms with Gasteiger partial charge < -0.3 is 15.7 Å². The minimum Gasteiger partial charge on any atom is -0.505 e. The molecule has 0 saturated carbocycles. The summed E-state index contributed by atoms with van der Waals surface area (Å²) in [5, 5.41) is 15.7. The zero-order chi connectivity index (χ0) is 16.5. The predicted molar refractivity (Wildman–Crippen MR) is 105 cm³/mol. The van der Waals surface area contributed by atoms with E-state index in [1.165, 1.54) is 25.0 Å². The first kappa shape index (κ1) is 21.9. The van der Waals surface area contributed by atoms with Gasteiger partial charge in [-0.05, 0) is 37.0 Å². The average Bonchev–Trinajstić information content (AvgIpc) is 2.46. The fraction of sp³-hybridized carbons (Fsp3) is 0.588. The van der Waals surface area contributed by atoms with Crippen LogP contribution in [0, 0.1) is 11.7 Å². The maximum atomic E-state index is 13.3. The summed E-state index contributed by atoms with van der Waals surface area (Å²) in [7, 11) is 1.72. The van der Waals surface area contributed by atoms with Gasteiger partial charge in [0, 0.05) is 19.6 Å². The van der Waals surface area contributed by atoms with Crippen LogP contribution in [0.15, 0.2) is 23.2 Å². The lowest BCUT2D eigenvalue weighted by Gasteiger charge is -2.18. The van der Waals surface area contributed by atoms with E-state index in [0.29, 0.717) is 18.5 Å². The number of nitrogens with one attached hydrogen (secondary N) is 2. The van der Waals surface area contributed by atoms with Gasteiger partial charge in [0.15, 0.2) is 17.5 Å². The van der Waals surface area contributed by atoms with E-state index in [0.717, 1.165) is 17.9 Å². The molecule has 0 aliphatic carbocycles. The summed E-state index contributed by atoms with van der Waals surface area (Å²) in [6.07, 6.45) is 3.50. The molecule has 0 aliphatic heterocycles. The third-order valence-electron chi connectivity index (χ3n) is 3.50. The topological polar surface area (TPSA) is 56.7 Å². The van der Waals surface area contributed by atoms with Gasteiger partial charge in [-0.15, -0.1) is 24.0 Å². The van der Waals surface area contributed by atoms with E-state index >= 15 is 0 Å². The zero-order valence-corrected chi connectivity index (χ0v) is 16.7. The van der Waals surface area contributed by atoms with Crippen molar-refractivity contribution >= 4 is 29.9 Å². The lowest BCUT2D eigenvalue weighted by atomic mass is 10.0. The molecule has 0 radical (unpaired) electrons. The van der Waals surface area contributed by atoms with Gasteiger partial charge in [-0.1, -0.05) is 32.8 Å². The van der Waals surface area contributed by atoms with Crippen LogP contribution in [-0.2, 0) is 6.54 Å². The number of phenolic OH excluding ortho intramolecular Hbond substituents is 1. The average molecular weight is 437 g/mol. The fourth-order valence-electron chi connectivity index (χ4n) is 2.18. The Bertz CT molecular complexity index is 495. The number of guanidine groups is 1. The number of aliphatic imine (C=N–C) groups is 1. The SMILES string of the molecule is CN=C(NCc1ccc(O)c(F)c1)NC(C)CCCC(C)C.I. The molecule has 23 heavy (non-hydrogen) atoms. The van der Waals surface area contributed by atoms with Crippen molar-refractivity contribution in [1.29, 1.82) is 0 Å². The molecule has 4 nitrogen and oxygen atoms in total. The lowest BCUT2D eigenvalue weighted by Crippen LogP contribution is -2.41. The van der Waals surface area contributed by atoms with Crippen LogP contribution in [0.4, 0.5) is 4.39 Å². The Hall–Kier alpha value is -1.05. The minimum absolute atomic E-state index is 0. The fourth-order valence-corrected chi connectivity index (χ4v) is 2.18. The summed E-state index contributed by atoms with van der Waals surface area (Å²) < 4.78 is 13.3. The molecule has 0 heterocycles. The Morgan fingerprint density at radius 1 is 1.26 bits per heavy atom. The van der Waals surface area contributed by atoms with Gasteiger partial charge in [0.05, 0.1) is 0 Å². The van der Waals surface area contributed by atoms with Crippen molar-refractivity contribution in [2.45, 2.75) is 52.6 Å². The van der Waals surface area contributed by atoms with Gasteiger partial charge in [-0.25, -0.2) is 4.39 Å². The smallest absolute Gasteiger partial charge is 0.191 e. The number of rotatable bonds is 7. The summed E-state index contributed by atoms with van der Waals surface area (Å²) in [5.74, 6) is 0.494. The Labute approximate surface area is 156 Å². The van der Waals surface area contributed by atoms with Crippen LogP contribution >= 0.6 is 24.0 Å². The van der Waals surface area contributed by atoms with E-state index in [1.807, 2.05) is 0 Å². The molecule has 0 amide bonds. The summed E-state index contributed by atoms with van der Waals surface area (Å²) in [4.78, 5) is 4.18. The van der Waals surface area contributed by atoms with Crippen LogP contribution in [0.1, 0.15) is 45.6 Å². The van der Waals surface area contributed by atoms with Crippen molar-refractivity contribution in [3.05, 3.63) is 29.6 Å². The Kier molecular flexibility index (Phi) is 11.0. The quantitative estimate of drug-likeness (QED) is 0.343.